The van der Waals surface area contributed by atoms with Gasteiger partial charge in [0.15, 0.2) is 0 Å². The lowest BCUT2D eigenvalue weighted by Gasteiger charge is -2.08. The number of aryl methyl sites for hydroxylation is 2. The van der Waals surface area contributed by atoms with Gasteiger partial charge in [0.25, 0.3) is 5.91 Å². The summed E-state index contributed by atoms with van der Waals surface area (Å²) in [5.74, 6) is -0.00337. The van der Waals surface area contributed by atoms with Gasteiger partial charge in [0, 0.05) is 42.7 Å². The molecule has 0 unspecified atom stereocenters. The van der Waals surface area contributed by atoms with Gasteiger partial charge in [0.05, 0.1) is 11.3 Å². The molecule has 1 aromatic carbocycles. The third-order valence-electron chi connectivity index (χ3n) is 4.46. The number of nitrogens with two attached hydrogens (primary N) is 1. The zero-order valence-electron chi connectivity index (χ0n) is 15.3. The first-order valence-electron chi connectivity index (χ1n) is 8.98. The fourth-order valence-corrected chi connectivity index (χ4v) is 3.10. The van der Waals surface area contributed by atoms with Crippen molar-refractivity contribution in [1.82, 2.24) is 20.3 Å². The van der Waals surface area contributed by atoms with Crippen LogP contribution in [0.15, 0.2) is 36.7 Å². The molecule has 0 saturated carbocycles. The summed E-state index contributed by atoms with van der Waals surface area (Å²) in [5.41, 5.74) is 8.54. The van der Waals surface area contributed by atoms with Crippen LogP contribution in [0.3, 0.4) is 0 Å². The number of carbonyl (C=O) groups is 2. The lowest BCUT2D eigenvalue weighted by molar-refractivity contribution is -0.121. The number of nitrogens with one attached hydrogen (secondary N) is 2. The third kappa shape index (κ3) is 4.69. The van der Waals surface area contributed by atoms with E-state index in [1.807, 2.05) is 24.4 Å². The van der Waals surface area contributed by atoms with Gasteiger partial charge in [-0.25, -0.2) is 9.97 Å². The molecule has 3 rings (SSSR count). The van der Waals surface area contributed by atoms with Crippen molar-refractivity contribution in [1.29, 1.82) is 0 Å². The van der Waals surface area contributed by atoms with Gasteiger partial charge in [-0.1, -0.05) is 18.2 Å². The predicted octanol–water partition coefficient (Wildman–Crippen LogP) is 2.05. The molecule has 4 N–H and O–H groups in total. The Balaban J connectivity index is 1.45. The van der Waals surface area contributed by atoms with E-state index in [2.05, 4.69) is 26.3 Å². The molecule has 2 amide bonds. The number of hydrogen-bond acceptors (Lipinski definition) is 4. The minimum Gasteiger partial charge on any atom is -0.365 e. The Morgan fingerprint density at radius 1 is 1.22 bits per heavy atom. The topological polar surface area (TPSA) is 114 Å². The molecular weight excluding hydrogens is 342 g/mol. The molecule has 3 aromatic rings. The van der Waals surface area contributed by atoms with E-state index in [1.165, 1.54) is 17.1 Å². The number of amides is 2. The second-order valence-electron chi connectivity index (χ2n) is 6.45. The average molecular weight is 365 g/mol. The van der Waals surface area contributed by atoms with Gasteiger partial charge in [-0.2, -0.15) is 0 Å². The molecule has 0 aliphatic heterocycles. The zero-order chi connectivity index (χ0) is 19.2. The summed E-state index contributed by atoms with van der Waals surface area (Å²) in [6.07, 6.45) is 5.94. The summed E-state index contributed by atoms with van der Waals surface area (Å²) in [6, 6.07) is 8.14. The summed E-state index contributed by atoms with van der Waals surface area (Å²) >= 11 is 0. The summed E-state index contributed by atoms with van der Waals surface area (Å²) < 4.78 is 0. The molecular formula is C20H23N5O2. The number of aromatic amines is 1. The van der Waals surface area contributed by atoms with E-state index < -0.39 is 5.91 Å². The van der Waals surface area contributed by atoms with Crippen molar-refractivity contribution in [2.45, 2.75) is 32.6 Å². The second-order valence-corrected chi connectivity index (χ2v) is 6.45. The monoisotopic (exact) mass is 365 g/mol. The molecule has 0 aliphatic carbocycles. The van der Waals surface area contributed by atoms with Crippen molar-refractivity contribution in [2.24, 2.45) is 5.73 Å². The van der Waals surface area contributed by atoms with E-state index in [-0.39, 0.29) is 5.91 Å². The van der Waals surface area contributed by atoms with Crippen LogP contribution in [0.1, 0.15) is 40.3 Å². The fourth-order valence-electron chi connectivity index (χ4n) is 3.10. The first-order valence-corrected chi connectivity index (χ1v) is 8.98. The van der Waals surface area contributed by atoms with Crippen LogP contribution in [-0.4, -0.2) is 33.3 Å². The van der Waals surface area contributed by atoms with Crippen molar-refractivity contribution in [3.63, 3.8) is 0 Å². The summed E-state index contributed by atoms with van der Waals surface area (Å²) in [7, 11) is 0. The van der Waals surface area contributed by atoms with E-state index >= 15 is 0 Å². The van der Waals surface area contributed by atoms with Crippen molar-refractivity contribution in [3.8, 4) is 0 Å². The highest BCUT2D eigenvalue weighted by atomic mass is 16.1. The molecule has 0 aliphatic rings. The molecule has 0 fully saturated rings. The lowest BCUT2D eigenvalue weighted by Crippen LogP contribution is -2.27. The Hall–Kier alpha value is -3.22. The molecule has 27 heavy (non-hydrogen) atoms. The molecule has 0 radical (unpaired) electrons. The largest absolute Gasteiger partial charge is 0.365 e. The highest BCUT2D eigenvalue weighted by Gasteiger charge is 2.11. The van der Waals surface area contributed by atoms with Crippen LogP contribution < -0.4 is 11.1 Å². The lowest BCUT2D eigenvalue weighted by atomic mass is 10.1. The number of nitrogens with zero attached hydrogens (tertiary/aromatic N) is 2. The minimum atomic E-state index is -0.560. The first kappa shape index (κ1) is 18.6. The third-order valence-corrected chi connectivity index (χ3v) is 4.46. The van der Waals surface area contributed by atoms with E-state index in [9.17, 15) is 9.59 Å². The molecule has 0 bridgehead atoms. The van der Waals surface area contributed by atoms with Gasteiger partial charge >= 0.3 is 0 Å². The Kier molecular flexibility index (Phi) is 5.80. The van der Waals surface area contributed by atoms with Crippen molar-refractivity contribution in [2.75, 3.05) is 6.54 Å². The number of hydrogen-bond donors (Lipinski definition) is 3. The standard InChI is InChI=1S/C20H23N5O2/c1-13-23-12-16(20(21)27)18(25-13)9-10-22-19(26)8-4-5-14-11-24-17-7-3-2-6-15(14)17/h2-3,6-7,11-12,24H,4-5,8-10H2,1H3,(H2,21,27)(H,22,26). The van der Waals surface area contributed by atoms with Crippen LogP contribution >= 0.6 is 0 Å². The average Bonchev–Trinajstić information content (AvgIpc) is 3.05. The van der Waals surface area contributed by atoms with Gasteiger partial charge in [0.1, 0.15) is 5.82 Å². The maximum absolute atomic E-state index is 12.1. The van der Waals surface area contributed by atoms with Crippen LogP contribution in [0.2, 0.25) is 0 Å². The maximum Gasteiger partial charge on any atom is 0.252 e. The van der Waals surface area contributed by atoms with E-state index in [0.29, 0.717) is 36.5 Å². The number of carbonyl (C=O) groups excluding carboxylic acids is 2. The van der Waals surface area contributed by atoms with Gasteiger partial charge in [-0.05, 0) is 31.4 Å². The molecule has 7 heteroatoms. The number of benzene rings is 1. The van der Waals surface area contributed by atoms with Crippen LogP contribution in [0, 0.1) is 6.92 Å². The Morgan fingerprint density at radius 2 is 2.04 bits per heavy atom. The SMILES string of the molecule is Cc1ncc(C(N)=O)c(CCNC(=O)CCCc2c[nH]c3ccccc23)n1. The molecule has 2 heterocycles. The van der Waals surface area contributed by atoms with Crippen LogP contribution in [0.25, 0.3) is 10.9 Å². The Labute approximate surface area is 157 Å². The minimum absolute atomic E-state index is 0.0127. The quantitative estimate of drug-likeness (QED) is 0.567. The van der Waals surface area contributed by atoms with Gasteiger partial charge < -0.3 is 16.0 Å². The van der Waals surface area contributed by atoms with Gasteiger partial charge in [-0.15, -0.1) is 0 Å². The van der Waals surface area contributed by atoms with E-state index in [4.69, 9.17) is 5.73 Å². The molecule has 7 nitrogen and oxygen atoms in total. The fraction of sp³-hybridized carbons (Fsp3) is 0.300. The number of fused-ring (bicyclic) bond motifs is 1. The van der Waals surface area contributed by atoms with Gasteiger partial charge in [0.2, 0.25) is 5.91 Å². The number of rotatable bonds is 8. The second kappa shape index (κ2) is 8.44. The summed E-state index contributed by atoms with van der Waals surface area (Å²) in [4.78, 5) is 35.0. The highest BCUT2D eigenvalue weighted by Crippen LogP contribution is 2.19. The number of H-pyrrole nitrogens is 1. The van der Waals surface area contributed by atoms with Crippen molar-refractivity contribution >= 4 is 22.7 Å². The molecule has 0 saturated heterocycles. The van der Waals surface area contributed by atoms with Crippen LogP contribution in [-0.2, 0) is 17.6 Å². The van der Waals surface area contributed by atoms with E-state index in [1.54, 1.807) is 6.92 Å². The summed E-state index contributed by atoms with van der Waals surface area (Å²) in [6.45, 7) is 2.15. The normalized spacial score (nSPS) is 10.9. The first-order chi connectivity index (χ1) is 13.0. The molecule has 0 atom stereocenters. The van der Waals surface area contributed by atoms with Crippen LogP contribution in [0.5, 0.6) is 0 Å². The highest BCUT2D eigenvalue weighted by molar-refractivity contribution is 5.93. The van der Waals surface area contributed by atoms with Crippen molar-refractivity contribution < 1.29 is 9.59 Å². The Morgan fingerprint density at radius 3 is 2.85 bits per heavy atom. The van der Waals surface area contributed by atoms with E-state index in [0.717, 1.165) is 18.4 Å². The number of aromatic nitrogens is 3. The molecule has 2 aromatic heterocycles. The van der Waals surface area contributed by atoms with Crippen LogP contribution in [0.4, 0.5) is 0 Å². The zero-order valence-corrected chi connectivity index (χ0v) is 15.3. The molecule has 140 valence electrons. The van der Waals surface area contributed by atoms with Crippen molar-refractivity contribution in [3.05, 3.63) is 59.3 Å². The maximum atomic E-state index is 12.1. The summed E-state index contributed by atoms with van der Waals surface area (Å²) in [5, 5.41) is 4.08. The predicted molar refractivity (Wildman–Crippen MR) is 103 cm³/mol. The van der Waals surface area contributed by atoms with Gasteiger partial charge in [-0.3, -0.25) is 9.59 Å². The molecule has 0 spiro atoms. The number of para-hydroxylation sites is 1. The number of primary amides is 1. The smallest absolute Gasteiger partial charge is 0.252 e. The Bertz CT molecular complexity index is 964.